The average molecular weight is 347 g/mol. The zero-order valence-corrected chi connectivity index (χ0v) is 15.0. The second kappa shape index (κ2) is 5.81. The van der Waals surface area contributed by atoms with Crippen molar-refractivity contribution < 1.29 is 0 Å². The summed E-state index contributed by atoms with van der Waals surface area (Å²) in [4.78, 5) is 17.4. The van der Waals surface area contributed by atoms with E-state index in [1.54, 1.807) is 6.20 Å². The first-order valence-electron chi connectivity index (χ1n) is 8.92. The molecule has 132 valence electrons. The van der Waals surface area contributed by atoms with Crippen LogP contribution in [-0.4, -0.2) is 63.3 Å². The summed E-state index contributed by atoms with van der Waals surface area (Å²) in [7, 11) is 2.18. The molecule has 0 atom stereocenters. The number of H-pyrrole nitrogens is 2. The van der Waals surface area contributed by atoms with Crippen LogP contribution in [0.4, 0.5) is 5.69 Å². The zero-order valence-electron chi connectivity index (χ0n) is 15.0. The molecule has 0 bridgehead atoms. The van der Waals surface area contributed by atoms with E-state index in [1.165, 1.54) is 11.3 Å². The lowest BCUT2D eigenvalue weighted by Crippen LogP contribution is -2.44. The Kier molecular flexibility index (Phi) is 3.43. The first kappa shape index (κ1) is 15.3. The monoisotopic (exact) mass is 347 g/mol. The number of aromatic nitrogens is 5. The van der Waals surface area contributed by atoms with E-state index in [9.17, 15) is 0 Å². The van der Waals surface area contributed by atoms with Gasteiger partial charge in [-0.1, -0.05) is 0 Å². The van der Waals surface area contributed by atoms with Crippen LogP contribution in [0.3, 0.4) is 0 Å². The van der Waals surface area contributed by atoms with Gasteiger partial charge in [-0.05, 0) is 43.8 Å². The number of imidazole rings is 1. The molecule has 0 amide bonds. The van der Waals surface area contributed by atoms with Crippen molar-refractivity contribution in [3.63, 3.8) is 0 Å². The maximum absolute atomic E-state index is 4.82. The lowest BCUT2D eigenvalue weighted by molar-refractivity contribution is 0.313. The summed E-state index contributed by atoms with van der Waals surface area (Å²) in [5.74, 6) is 0.800. The number of piperazine rings is 1. The Labute approximate surface area is 151 Å². The summed E-state index contributed by atoms with van der Waals surface area (Å²) in [6, 6.07) is 8.38. The van der Waals surface area contributed by atoms with Gasteiger partial charge in [0, 0.05) is 43.4 Å². The Hall–Kier alpha value is -2.93. The maximum Gasteiger partial charge on any atom is 0.181 e. The number of nitrogens with zero attached hydrogens (tertiary/aromatic N) is 5. The predicted octanol–water partition coefficient (Wildman–Crippen LogP) is 2.56. The van der Waals surface area contributed by atoms with Crippen LogP contribution in [0.15, 0.2) is 30.5 Å². The van der Waals surface area contributed by atoms with E-state index < -0.39 is 0 Å². The topological polar surface area (TPSA) is 76.7 Å². The van der Waals surface area contributed by atoms with Crippen molar-refractivity contribution in [2.75, 3.05) is 38.1 Å². The summed E-state index contributed by atoms with van der Waals surface area (Å²) in [5, 5.41) is 8.32. The molecule has 1 aliphatic rings. The quantitative estimate of drug-likeness (QED) is 0.583. The molecular weight excluding hydrogens is 326 g/mol. The van der Waals surface area contributed by atoms with Crippen molar-refractivity contribution >= 4 is 27.8 Å². The minimum Gasteiger partial charge on any atom is -0.369 e. The standard InChI is InChI=1S/C19H21N7/c1-12-10-13(26-8-6-25(2)7-9-26)11-15-16(12)22-19(21-15)17-14-4-3-5-20-18(14)24-23-17/h3-5,10-11H,6-9H2,1-2H3,(H,21,22)(H,20,23,24). The molecule has 4 heterocycles. The minimum absolute atomic E-state index is 0.706. The highest BCUT2D eigenvalue weighted by Crippen LogP contribution is 2.29. The fourth-order valence-electron chi connectivity index (χ4n) is 3.67. The van der Waals surface area contributed by atoms with Gasteiger partial charge in [-0.25, -0.2) is 9.97 Å². The maximum atomic E-state index is 4.82. The second-order valence-electron chi connectivity index (χ2n) is 7.01. The van der Waals surface area contributed by atoms with Crippen LogP contribution in [-0.2, 0) is 0 Å². The molecule has 2 N–H and O–H groups in total. The predicted molar refractivity (Wildman–Crippen MR) is 103 cm³/mol. The van der Waals surface area contributed by atoms with Gasteiger partial charge in [0.1, 0.15) is 5.69 Å². The van der Waals surface area contributed by atoms with E-state index in [2.05, 4.69) is 56.1 Å². The highest BCUT2D eigenvalue weighted by Gasteiger charge is 2.18. The third-order valence-electron chi connectivity index (χ3n) is 5.20. The fraction of sp³-hybridized carbons (Fsp3) is 0.316. The molecule has 26 heavy (non-hydrogen) atoms. The Balaban J connectivity index is 1.58. The van der Waals surface area contributed by atoms with Crippen molar-refractivity contribution in [3.05, 3.63) is 36.0 Å². The lowest BCUT2D eigenvalue weighted by atomic mass is 10.1. The third-order valence-corrected chi connectivity index (χ3v) is 5.20. The third kappa shape index (κ3) is 2.43. The van der Waals surface area contributed by atoms with Crippen molar-refractivity contribution in [1.29, 1.82) is 0 Å². The molecule has 1 aromatic carbocycles. The van der Waals surface area contributed by atoms with Crippen molar-refractivity contribution in [2.24, 2.45) is 0 Å². The molecule has 1 saturated heterocycles. The average Bonchev–Trinajstić information content (AvgIpc) is 3.26. The number of likely N-dealkylation sites (N-methyl/N-ethyl adjacent to an activating group) is 1. The van der Waals surface area contributed by atoms with Crippen LogP contribution >= 0.6 is 0 Å². The number of nitrogens with one attached hydrogen (secondary N) is 2. The Morgan fingerprint density at radius 2 is 1.96 bits per heavy atom. The fourth-order valence-corrected chi connectivity index (χ4v) is 3.67. The number of benzene rings is 1. The van der Waals surface area contributed by atoms with Gasteiger partial charge in [0.05, 0.1) is 11.0 Å². The van der Waals surface area contributed by atoms with Gasteiger partial charge < -0.3 is 14.8 Å². The van der Waals surface area contributed by atoms with E-state index in [-0.39, 0.29) is 0 Å². The van der Waals surface area contributed by atoms with E-state index in [0.29, 0.717) is 5.65 Å². The number of pyridine rings is 1. The molecule has 0 aliphatic carbocycles. The smallest absolute Gasteiger partial charge is 0.181 e. The first-order valence-corrected chi connectivity index (χ1v) is 8.92. The van der Waals surface area contributed by atoms with Crippen LogP contribution in [0.2, 0.25) is 0 Å². The molecule has 0 saturated carbocycles. The molecule has 1 fully saturated rings. The molecule has 0 spiro atoms. The minimum atomic E-state index is 0.706. The van der Waals surface area contributed by atoms with Gasteiger partial charge in [0.25, 0.3) is 0 Å². The summed E-state index contributed by atoms with van der Waals surface area (Å²) >= 11 is 0. The first-order chi connectivity index (χ1) is 12.7. The van der Waals surface area contributed by atoms with Gasteiger partial charge in [0.2, 0.25) is 0 Å². The largest absolute Gasteiger partial charge is 0.369 e. The van der Waals surface area contributed by atoms with Crippen molar-refractivity contribution in [3.8, 4) is 11.5 Å². The van der Waals surface area contributed by atoms with E-state index in [4.69, 9.17) is 4.98 Å². The van der Waals surface area contributed by atoms with Gasteiger partial charge in [-0.2, -0.15) is 5.10 Å². The van der Waals surface area contributed by atoms with Crippen LogP contribution in [0.5, 0.6) is 0 Å². The molecule has 5 rings (SSSR count). The van der Waals surface area contributed by atoms with Crippen LogP contribution in [0.1, 0.15) is 5.56 Å². The summed E-state index contributed by atoms with van der Waals surface area (Å²) in [6.45, 7) is 6.43. The SMILES string of the molecule is Cc1cc(N2CCN(C)CC2)cc2[nH]c(-c3[nH]nc4ncccc34)nc12. The van der Waals surface area contributed by atoms with Gasteiger partial charge in [-0.15, -0.1) is 0 Å². The van der Waals surface area contributed by atoms with E-state index in [0.717, 1.165) is 54.1 Å². The number of rotatable bonds is 2. The van der Waals surface area contributed by atoms with Crippen LogP contribution < -0.4 is 4.90 Å². The Morgan fingerprint density at radius 1 is 1.12 bits per heavy atom. The highest BCUT2D eigenvalue weighted by atomic mass is 15.2. The molecule has 7 heteroatoms. The number of aryl methyl sites for hydroxylation is 1. The Morgan fingerprint density at radius 3 is 2.81 bits per heavy atom. The van der Waals surface area contributed by atoms with Gasteiger partial charge in [0.15, 0.2) is 11.5 Å². The van der Waals surface area contributed by atoms with E-state index in [1.807, 2.05) is 12.1 Å². The number of aromatic amines is 2. The number of hydrogen-bond acceptors (Lipinski definition) is 5. The highest BCUT2D eigenvalue weighted by molar-refractivity contribution is 5.92. The summed E-state index contributed by atoms with van der Waals surface area (Å²) in [5.41, 5.74) is 6.09. The molecule has 3 aromatic heterocycles. The molecule has 4 aromatic rings. The summed E-state index contributed by atoms with van der Waals surface area (Å²) in [6.07, 6.45) is 1.75. The van der Waals surface area contributed by atoms with E-state index >= 15 is 0 Å². The summed E-state index contributed by atoms with van der Waals surface area (Å²) < 4.78 is 0. The molecule has 7 nitrogen and oxygen atoms in total. The normalized spacial score (nSPS) is 16.0. The molecule has 1 aliphatic heterocycles. The number of hydrogen-bond donors (Lipinski definition) is 2. The number of fused-ring (bicyclic) bond motifs is 2. The number of anilines is 1. The van der Waals surface area contributed by atoms with Crippen molar-refractivity contribution in [1.82, 2.24) is 30.0 Å². The van der Waals surface area contributed by atoms with Crippen LogP contribution in [0, 0.1) is 6.92 Å². The van der Waals surface area contributed by atoms with Gasteiger partial charge in [-0.3, -0.25) is 5.10 Å². The zero-order chi connectivity index (χ0) is 17.7. The second-order valence-corrected chi connectivity index (χ2v) is 7.01. The molecule has 0 radical (unpaired) electrons. The van der Waals surface area contributed by atoms with Crippen LogP contribution in [0.25, 0.3) is 33.6 Å². The van der Waals surface area contributed by atoms with Gasteiger partial charge >= 0.3 is 0 Å². The molecule has 0 unspecified atom stereocenters. The van der Waals surface area contributed by atoms with Crippen molar-refractivity contribution in [2.45, 2.75) is 6.92 Å². The lowest BCUT2D eigenvalue weighted by Gasteiger charge is -2.34. The molecular formula is C19H21N7. The Bertz CT molecular complexity index is 1090.